The van der Waals surface area contributed by atoms with E-state index in [4.69, 9.17) is 9.84 Å². The van der Waals surface area contributed by atoms with E-state index in [1.807, 2.05) is 38.1 Å². The number of carboxylic acid groups (broad SMARTS) is 1. The van der Waals surface area contributed by atoms with Crippen LogP contribution in [0.2, 0.25) is 0 Å². The van der Waals surface area contributed by atoms with E-state index in [9.17, 15) is 4.79 Å². The molecule has 4 heteroatoms. The summed E-state index contributed by atoms with van der Waals surface area (Å²) in [6, 6.07) is 7.59. The van der Waals surface area contributed by atoms with Gasteiger partial charge in [0, 0.05) is 6.04 Å². The molecule has 1 saturated heterocycles. The lowest BCUT2D eigenvalue weighted by Crippen LogP contribution is -2.31. The van der Waals surface area contributed by atoms with Crippen LogP contribution in [0.4, 0.5) is 0 Å². The molecule has 2 N–H and O–H groups in total. The van der Waals surface area contributed by atoms with Crippen molar-refractivity contribution < 1.29 is 14.6 Å². The maximum absolute atomic E-state index is 10.9. The average Bonchev–Trinajstić information content (AvgIpc) is 2.78. The molecule has 1 heterocycles. The Balaban J connectivity index is 2.00. The Morgan fingerprint density at radius 1 is 1.33 bits per heavy atom. The minimum atomic E-state index is -0.766. The summed E-state index contributed by atoms with van der Waals surface area (Å²) in [5.41, 5.74) is 1.12. The van der Waals surface area contributed by atoms with Crippen molar-refractivity contribution in [2.24, 2.45) is 0 Å². The Hall–Kier alpha value is -1.55. The van der Waals surface area contributed by atoms with E-state index in [0.717, 1.165) is 17.7 Å². The fourth-order valence-electron chi connectivity index (χ4n) is 2.25. The Morgan fingerprint density at radius 2 is 2.00 bits per heavy atom. The SMILES string of the molecule is CC(C)Oc1ccc(C2CCC(C(=O)O)N2)cc1. The first-order valence-corrected chi connectivity index (χ1v) is 6.31. The van der Waals surface area contributed by atoms with Crippen LogP contribution in [0.25, 0.3) is 0 Å². The second kappa shape index (κ2) is 5.40. The molecule has 2 atom stereocenters. The van der Waals surface area contributed by atoms with E-state index in [2.05, 4.69) is 5.32 Å². The monoisotopic (exact) mass is 249 g/mol. The normalized spacial score (nSPS) is 23.3. The molecule has 1 aliphatic rings. The summed E-state index contributed by atoms with van der Waals surface area (Å²) in [7, 11) is 0. The van der Waals surface area contributed by atoms with Gasteiger partial charge in [-0.05, 0) is 44.4 Å². The maximum atomic E-state index is 10.9. The van der Waals surface area contributed by atoms with Crippen LogP contribution < -0.4 is 10.1 Å². The molecule has 0 bridgehead atoms. The van der Waals surface area contributed by atoms with Crippen molar-refractivity contribution >= 4 is 5.97 Å². The highest BCUT2D eigenvalue weighted by Gasteiger charge is 2.29. The number of hydrogen-bond acceptors (Lipinski definition) is 3. The lowest BCUT2D eigenvalue weighted by Gasteiger charge is -2.14. The second-order valence-corrected chi connectivity index (χ2v) is 4.92. The van der Waals surface area contributed by atoms with Crippen molar-refractivity contribution in [2.75, 3.05) is 0 Å². The molecule has 4 nitrogen and oxygen atoms in total. The molecular weight excluding hydrogens is 230 g/mol. The van der Waals surface area contributed by atoms with E-state index in [1.165, 1.54) is 0 Å². The van der Waals surface area contributed by atoms with E-state index >= 15 is 0 Å². The van der Waals surface area contributed by atoms with Crippen molar-refractivity contribution in [3.8, 4) is 5.75 Å². The summed E-state index contributed by atoms with van der Waals surface area (Å²) in [5, 5.41) is 12.1. The lowest BCUT2D eigenvalue weighted by molar-refractivity contribution is -0.139. The molecular formula is C14H19NO3. The molecule has 1 aliphatic heterocycles. The molecule has 0 aliphatic carbocycles. The van der Waals surface area contributed by atoms with Gasteiger partial charge >= 0.3 is 5.97 Å². The maximum Gasteiger partial charge on any atom is 0.320 e. The summed E-state index contributed by atoms with van der Waals surface area (Å²) < 4.78 is 5.58. The standard InChI is InChI=1S/C14H19NO3/c1-9(2)18-11-5-3-10(4-6-11)12-7-8-13(15-12)14(16)17/h3-6,9,12-13,15H,7-8H2,1-2H3,(H,16,17). The van der Waals surface area contributed by atoms with Crippen LogP contribution in [0.5, 0.6) is 5.75 Å². The van der Waals surface area contributed by atoms with Gasteiger partial charge in [-0.1, -0.05) is 12.1 Å². The second-order valence-electron chi connectivity index (χ2n) is 4.92. The van der Waals surface area contributed by atoms with Crippen LogP contribution in [-0.4, -0.2) is 23.2 Å². The summed E-state index contributed by atoms with van der Waals surface area (Å²) in [5.74, 6) is 0.0822. The Labute approximate surface area is 107 Å². The number of nitrogens with one attached hydrogen (secondary N) is 1. The first-order chi connectivity index (χ1) is 8.56. The molecule has 0 radical (unpaired) electrons. The van der Waals surface area contributed by atoms with Crippen LogP contribution in [0.3, 0.4) is 0 Å². The predicted molar refractivity (Wildman–Crippen MR) is 68.7 cm³/mol. The fraction of sp³-hybridized carbons (Fsp3) is 0.500. The highest BCUT2D eigenvalue weighted by atomic mass is 16.5. The zero-order valence-corrected chi connectivity index (χ0v) is 10.7. The number of rotatable bonds is 4. The zero-order valence-electron chi connectivity index (χ0n) is 10.7. The summed E-state index contributed by atoms with van der Waals surface area (Å²) in [6.07, 6.45) is 1.71. The average molecular weight is 249 g/mol. The predicted octanol–water partition coefficient (Wildman–Crippen LogP) is 2.35. The van der Waals surface area contributed by atoms with Crippen LogP contribution in [0.15, 0.2) is 24.3 Å². The van der Waals surface area contributed by atoms with Gasteiger partial charge < -0.3 is 9.84 Å². The molecule has 1 fully saturated rings. The number of hydrogen-bond donors (Lipinski definition) is 2. The number of carboxylic acids is 1. The summed E-state index contributed by atoms with van der Waals surface area (Å²) in [4.78, 5) is 10.9. The molecule has 98 valence electrons. The van der Waals surface area contributed by atoms with E-state index in [1.54, 1.807) is 0 Å². The van der Waals surface area contributed by atoms with Crippen molar-refractivity contribution in [3.05, 3.63) is 29.8 Å². The lowest BCUT2D eigenvalue weighted by atomic mass is 10.1. The van der Waals surface area contributed by atoms with Gasteiger partial charge in [0.25, 0.3) is 0 Å². The van der Waals surface area contributed by atoms with Crippen LogP contribution in [0, 0.1) is 0 Å². The molecule has 2 rings (SSSR count). The first-order valence-electron chi connectivity index (χ1n) is 6.31. The highest BCUT2D eigenvalue weighted by Crippen LogP contribution is 2.28. The third-order valence-corrected chi connectivity index (χ3v) is 3.10. The summed E-state index contributed by atoms with van der Waals surface area (Å²) >= 11 is 0. The van der Waals surface area contributed by atoms with Gasteiger partial charge in [-0.3, -0.25) is 10.1 Å². The number of carbonyl (C=O) groups is 1. The number of aliphatic carboxylic acids is 1. The Morgan fingerprint density at radius 3 is 2.50 bits per heavy atom. The van der Waals surface area contributed by atoms with Gasteiger partial charge in [-0.15, -0.1) is 0 Å². The Kier molecular flexibility index (Phi) is 3.87. The molecule has 0 spiro atoms. The molecule has 1 aromatic rings. The van der Waals surface area contributed by atoms with Crippen molar-refractivity contribution in [1.82, 2.24) is 5.32 Å². The Bertz CT molecular complexity index is 414. The van der Waals surface area contributed by atoms with Gasteiger partial charge in [0.1, 0.15) is 11.8 Å². The molecule has 1 aromatic carbocycles. The van der Waals surface area contributed by atoms with Gasteiger partial charge in [0.05, 0.1) is 6.10 Å². The van der Waals surface area contributed by atoms with Crippen LogP contribution in [0.1, 0.15) is 38.3 Å². The number of ether oxygens (including phenoxy) is 1. The first kappa shape index (κ1) is 12.9. The zero-order chi connectivity index (χ0) is 13.1. The van der Waals surface area contributed by atoms with Crippen LogP contribution in [-0.2, 0) is 4.79 Å². The van der Waals surface area contributed by atoms with E-state index < -0.39 is 12.0 Å². The van der Waals surface area contributed by atoms with Crippen molar-refractivity contribution in [3.63, 3.8) is 0 Å². The quantitative estimate of drug-likeness (QED) is 0.860. The molecule has 2 unspecified atom stereocenters. The third kappa shape index (κ3) is 3.01. The van der Waals surface area contributed by atoms with Crippen molar-refractivity contribution in [2.45, 2.75) is 44.9 Å². The van der Waals surface area contributed by atoms with Gasteiger partial charge in [0.2, 0.25) is 0 Å². The molecule has 18 heavy (non-hydrogen) atoms. The van der Waals surface area contributed by atoms with Crippen LogP contribution >= 0.6 is 0 Å². The summed E-state index contributed by atoms with van der Waals surface area (Å²) in [6.45, 7) is 3.98. The topological polar surface area (TPSA) is 58.6 Å². The third-order valence-electron chi connectivity index (χ3n) is 3.10. The van der Waals surface area contributed by atoms with Gasteiger partial charge in [-0.2, -0.15) is 0 Å². The smallest absolute Gasteiger partial charge is 0.320 e. The minimum absolute atomic E-state index is 0.138. The van der Waals surface area contributed by atoms with Crippen molar-refractivity contribution in [1.29, 1.82) is 0 Å². The molecule has 0 aromatic heterocycles. The van der Waals surface area contributed by atoms with Gasteiger partial charge in [0.15, 0.2) is 0 Å². The fourth-order valence-corrected chi connectivity index (χ4v) is 2.25. The number of benzene rings is 1. The largest absolute Gasteiger partial charge is 0.491 e. The van der Waals surface area contributed by atoms with E-state index in [0.29, 0.717) is 6.42 Å². The van der Waals surface area contributed by atoms with E-state index in [-0.39, 0.29) is 12.1 Å². The molecule has 0 saturated carbocycles. The minimum Gasteiger partial charge on any atom is -0.491 e. The molecule has 0 amide bonds. The highest BCUT2D eigenvalue weighted by molar-refractivity contribution is 5.73. The van der Waals surface area contributed by atoms with Gasteiger partial charge in [-0.25, -0.2) is 0 Å².